The molecule has 0 saturated heterocycles. The van der Waals surface area contributed by atoms with Crippen LogP contribution in [0.5, 0.6) is 0 Å². The summed E-state index contributed by atoms with van der Waals surface area (Å²) in [5, 5.41) is 0. The number of rotatable bonds is 2. The molecule has 1 N–H and O–H groups in total. The van der Waals surface area contributed by atoms with E-state index in [0.29, 0.717) is 0 Å². The van der Waals surface area contributed by atoms with E-state index in [4.69, 9.17) is 0 Å². The first-order valence-corrected chi connectivity index (χ1v) is 2.41. The predicted octanol–water partition coefficient (Wildman–Crippen LogP) is -0.976. The summed E-state index contributed by atoms with van der Waals surface area (Å²) in [4.78, 5) is 0. The molecule has 0 heterocycles. The van der Waals surface area contributed by atoms with E-state index >= 15 is 0 Å². The summed E-state index contributed by atoms with van der Waals surface area (Å²) in [5.41, 5.74) is 0. The third-order valence-electron chi connectivity index (χ3n) is 0.707. The SMILES string of the molecule is CCCCC.[K+].[OH-]. The standard InChI is InChI=1S/C5H12.K.H2O/c1-3-5-4-2;;/h3-5H2,1-2H3;;1H2/q;+1;/p-1. The van der Waals surface area contributed by atoms with Crippen LogP contribution >= 0.6 is 0 Å². The van der Waals surface area contributed by atoms with Crippen LogP contribution in [0.4, 0.5) is 0 Å². The molecule has 40 valence electrons. The van der Waals surface area contributed by atoms with Crippen LogP contribution in [0.15, 0.2) is 0 Å². The summed E-state index contributed by atoms with van der Waals surface area (Å²) < 4.78 is 0. The molecular weight excluding hydrogens is 115 g/mol. The molecule has 0 aliphatic carbocycles. The first kappa shape index (κ1) is 15.8. The summed E-state index contributed by atoms with van der Waals surface area (Å²) in [5.74, 6) is 0. The molecule has 2 heteroatoms. The number of unbranched alkanes of at least 4 members (excludes halogenated alkanes) is 2. The van der Waals surface area contributed by atoms with Gasteiger partial charge in [0, 0.05) is 0 Å². The minimum Gasteiger partial charge on any atom is -0.870 e. The van der Waals surface area contributed by atoms with Crippen molar-refractivity contribution in [2.45, 2.75) is 33.1 Å². The molecule has 0 radical (unpaired) electrons. The molecule has 0 aromatic carbocycles. The zero-order valence-electron chi connectivity index (χ0n) is 5.57. The molecule has 0 saturated carbocycles. The van der Waals surface area contributed by atoms with Crippen molar-refractivity contribution in [3.05, 3.63) is 0 Å². The van der Waals surface area contributed by atoms with Gasteiger partial charge in [0.15, 0.2) is 0 Å². The molecule has 0 aromatic rings. The van der Waals surface area contributed by atoms with Gasteiger partial charge < -0.3 is 5.48 Å². The second-order valence-electron chi connectivity index (χ2n) is 1.35. The van der Waals surface area contributed by atoms with E-state index in [1.54, 1.807) is 0 Å². The average molecular weight is 128 g/mol. The molecule has 0 atom stereocenters. The minimum atomic E-state index is 0. The van der Waals surface area contributed by atoms with Gasteiger partial charge in [-0.05, 0) is 0 Å². The molecule has 0 spiro atoms. The molecule has 0 amide bonds. The van der Waals surface area contributed by atoms with Gasteiger partial charge in [-0.15, -0.1) is 0 Å². The van der Waals surface area contributed by atoms with Crippen LogP contribution in [-0.2, 0) is 0 Å². The van der Waals surface area contributed by atoms with Crippen LogP contribution in [0.3, 0.4) is 0 Å². The average Bonchev–Trinajstić information content (AvgIpc) is 1.41. The van der Waals surface area contributed by atoms with Crippen molar-refractivity contribution in [3.8, 4) is 0 Å². The zero-order chi connectivity index (χ0) is 4.12. The van der Waals surface area contributed by atoms with E-state index < -0.39 is 0 Å². The number of hydrogen-bond acceptors (Lipinski definition) is 1. The van der Waals surface area contributed by atoms with Gasteiger partial charge in [0.1, 0.15) is 0 Å². The fourth-order valence-electron chi connectivity index (χ4n) is 0.354. The summed E-state index contributed by atoms with van der Waals surface area (Å²) in [6, 6.07) is 0. The molecule has 0 aliphatic heterocycles. The predicted molar refractivity (Wildman–Crippen MR) is 27.1 cm³/mol. The van der Waals surface area contributed by atoms with Gasteiger partial charge in [-0.1, -0.05) is 33.1 Å². The first-order chi connectivity index (χ1) is 2.41. The van der Waals surface area contributed by atoms with Crippen LogP contribution in [-0.4, -0.2) is 5.48 Å². The quantitative estimate of drug-likeness (QED) is 0.440. The van der Waals surface area contributed by atoms with Crippen molar-refractivity contribution in [2.75, 3.05) is 0 Å². The van der Waals surface area contributed by atoms with Gasteiger partial charge in [0.05, 0.1) is 0 Å². The first-order valence-electron chi connectivity index (χ1n) is 2.41. The maximum atomic E-state index is 2.21. The fraction of sp³-hybridized carbons (Fsp3) is 1.00. The molecule has 0 fully saturated rings. The van der Waals surface area contributed by atoms with Gasteiger partial charge in [0.25, 0.3) is 0 Å². The topological polar surface area (TPSA) is 30.0 Å². The summed E-state index contributed by atoms with van der Waals surface area (Å²) >= 11 is 0. The second kappa shape index (κ2) is 15.6. The Morgan fingerprint density at radius 3 is 1.29 bits per heavy atom. The molecule has 0 bridgehead atoms. The largest absolute Gasteiger partial charge is 1.00 e. The molecular formula is C5H13KO. The number of hydrogen-bond donors (Lipinski definition) is 0. The summed E-state index contributed by atoms with van der Waals surface area (Å²) in [6.07, 6.45) is 4.08. The maximum Gasteiger partial charge on any atom is 1.00 e. The third kappa shape index (κ3) is 18.4. The Labute approximate surface area is 88.6 Å². The maximum absolute atomic E-state index is 2.21. The smallest absolute Gasteiger partial charge is 0.870 e. The Balaban J connectivity index is -0.0000000800. The van der Waals surface area contributed by atoms with Crippen molar-refractivity contribution < 1.29 is 56.9 Å². The third-order valence-corrected chi connectivity index (χ3v) is 0.707. The van der Waals surface area contributed by atoms with Gasteiger partial charge in [-0.2, -0.15) is 0 Å². The second-order valence-corrected chi connectivity index (χ2v) is 1.35. The van der Waals surface area contributed by atoms with Crippen molar-refractivity contribution >= 4 is 0 Å². The molecule has 0 aromatic heterocycles. The van der Waals surface area contributed by atoms with Crippen molar-refractivity contribution in [3.63, 3.8) is 0 Å². The summed E-state index contributed by atoms with van der Waals surface area (Å²) in [7, 11) is 0. The summed E-state index contributed by atoms with van der Waals surface area (Å²) in [6.45, 7) is 4.42. The van der Waals surface area contributed by atoms with Crippen LogP contribution in [0.25, 0.3) is 0 Å². The van der Waals surface area contributed by atoms with Crippen LogP contribution < -0.4 is 51.4 Å². The van der Waals surface area contributed by atoms with Gasteiger partial charge >= 0.3 is 51.4 Å². The Hall–Kier alpha value is 1.60. The molecule has 7 heavy (non-hydrogen) atoms. The van der Waals surface area contributed by atoms with Crippen LogP contribution in [0, 0.1) is 0 Å². The Bertz CT molecular complexity index is 15.6. The van der Waals surface area contributed by atoms with Crippen molar-refractivity contribution in [2.24, 2.45) is 0 Å². The van der Waals surface area contributed by atoms with E-state index in [0.717, 1.165) is 0 Å². The van der Waals surface area contributed by atoms with Gasteiger partial charge in [-0.3, -0.25) is 0 Å². The Kier molecular flexibility index (Phi) is 35.4. The van der Waals surface area contributed by atoms with Crippen molar-refractivity contribution in [1.82, 2.24) is 0 Å². The van der Waals surface area contributed by atoms with Gasteiger partial charge in [0.2, 0.25) is 0 Å². The zero-order valence-corrected chi connectivity index (χ0v) is 8.69. The van der Waals surface area contributed by atoms with E-state index in [2.05, 4.69) is 13.8 Å². The monoisotopic (exact) mass is 128 g/mol. The molecule has 1 nitrogen and oxygen atoms in total. The van der Waals surface area contributed by atoms with Crippen LogP contribution in [0.1, 0.15) is 33.1 Å². The fourth-order valence-corrected chi connectivity index (χ4v) is 0.354. The molecule has 0 unspecified atom stereocenters. The van der Waals surface area contributed by atoms with E-state index in [1.807, 2.05) is 0 Å². The normalized spacial score (nSPS) is 6.00. The molecule has 0 rings (SSSR count). The van der Waals surface area contributed by atoms with E-state index in [9.17, 15) is 0 Å². The molecule has 0 aliphatic rings. The van der Waals surface area contributed by atoms with Crippen LogP contribution in [0.2, 0.25) is 0 Å². The van der Waals surface area contributed by atoms with Gasteiger partial charge in [-0.25, -0.2) is 0 Å². The Morgan fingerprint density at radius 2 is 1.29 bits per heavy atom. The van der Waals surface area contributed by atoms with E-state index in [-0.39, 0.29) is 56.9 Å². The van der Waals surface area contributed by atoms with Crippen molar-refractivity contribution in [1.29, 1.82) is 0 Å². The van der Waals surface area contributed by atoms with E-state index in [1.165, 1.54) is 19.3 Å². The minimum absolute atomic E-state index is 0. The Morgan fingerprint density at radius 1 is 1.00 bits per heavy atom.